The zero-order valence-electron chi connectivity index (χ0n) is 12.1. The Morgan fingerprint density at radius 1 is 1.22 bits per heavy atom. The molecule has 1 aromatic rings. The zero-order chi connectivity index (χ0) is 13.8. The summed E-state index contributed by atoms with van der Waals surface area (Å²) in [5.74, 6) is -0.152. The zero-order valence-corrected chi connectivity index (χ0v) is 13.1. The Morgan fingerprint density at radius 3 is 2.22 bits per heavy atom. The van der Waals surface area contributed by atoms with Gasteiger partial charge >= 0.3 is 0 Å². The Morgan fingerprint density at radius 2 is 1.78 bits per heavy atom. The van der Waals surface area contributed by atoms with Crippen molar-refractivity contribution >= 4 is 14.6 Å². The number of rotatable bonds is 5. The van der Waals surface area contributed by atoms with Crippen molar-refractivity contribution in [1.29, 1.82) is 0 Å². The minimum Gasteiger partial charge on any atom is -0.416 e. The summed E-state index contributed by atoms with van der Waals surface area (Å²) >= 11 is 0. The fourth-order valence-electron chi connectivity index (χ4n) is 1.43. The van der Waals surface area contributed by atoms with Crippen LogP contribution in [0.15, 0.2) is 30.3 Å². The molecule has 0 bridgehead atoms. The van der Waals surface area contributed by atoms with Gasteiger partial charge in [0.05, 0.1) is 5.92 Å². The highest BCUT2D eigenvalue weighted by Gasteiger charge is 2.37. The summed E-state index contributed by atoms with van der Waals surface area (Å²) in [6.45, 7) is 11.5. The van der Waals surface area contributed by atoms with Gasteiger partial charge in [0.2, 0.25) is 0 Å². The number of carbonyl (C=O) groups excluding carboxylic acids is 1. The van der Waals surface area contributed by atoms with Crippen LogP contribution in [0.25, 0.3) is 0 Å². The van der Waals surface area contributed by atoms with Crippen LogP contribution in [-0.2, 0) is 9.22 Å². The molecular formula is C15H24O2Si. The van der Waals surface area contributed by atoms with Crippen molar-refractivity contribution in [3.05, 3.63) is 35.9 Å². The standard InChI is InChI=1S/C15H24O2Si/c1-15(2,3)18(4,5)17-12-14(11-16)13-9-7-6-8-10-13/h6-11,14H,12H2,1-5H3/t14-/m1/s1. The van der Waals surface area contributed by atoms with Gasteiger partial charge in [0, 0.05) is 6.61 Å². The molecule has 2 nitrogen and oxygen atoms in total. The molecule has 100 valence electrons. The van der Waals surface area contributed by atoms with Crippen molar-refractivity contribution in [2.45, 2.75) is 44.8 Å². The molecular weight excluding hydrogens is 240 g/mol. The second-order valence-electron chi connectivity index (χ2n) is 6.22. The molecule has 0 radical (unpaired) electrons. The number of hydrogen-bond donors (Lipinski definition) is 0. The van der Waals surface area contributed by atoms with E-state index in [4.69, 9.17) is 4.43 Å². The van der Waals surface area contributed by atoms with Crippen LogP contribution in [0.4, 0.5) is 0 Å². The first-order valence-electron chi connectivity index (χ1n) is 6.42. The normalized spacial score (nSPS) is 14.3. The highest BCUT2D eigenvalue weighted by molar-refractivity contribution is 6.74. The first-order valence-corrected chi connectivity index (χ1v) is 9.33. The molecule has 18 heavy (non-hydrogen) atoms. The lowest BCUT2D eigenvalue weighted by atomic mass is 10.0. The lowest BCUT2D eigenvalue weighted by molar-refractivity contribution is -0.109. The molecule has 0 fully saturated rings. The Kier molecular flexibility index (Phi) is 4.88. The number of carbonyl (C=O) groups is 1. The van der Waals surface area contributed by atoms with Gasteiger partial charge in [-0.3, -0.25) is 0 Å². The lowest BCUT2D eigenvalue weighted by Gasteiger charge is -2.36. The fraction of sp³-hybridized carbons (Fsp3) is 0.533. The largest absolute Gasteiger partial charge is 0.416 e. The molecule has 0 aliphatic rings. The van der Waals surface area contributed by atoms with E-state index in [0.717, 1.165) is 11.8 Å². The van der Waals surface area contributed by atoms with Crippen LogP contribution < -0.4 is 0 Å². The van der Waals surface area contributed by atoms with Gasteiger partial charge in [-0.2, -0.15) is 0 Å². The van der Waals surface area contributed by atoms with Crippen molar-refractivity contribution in [3.63, 3.8) is 0 Å². The van der Waals surface area contributed by atoms with Crippen LogP contribution in [0.2, 0.25) is 18.1 Å². The third kappa shape index (κ3) is 3.78. The number of benzene rings is 1. The molecule has 0 unspecified atom stereocenters. The van der Waals surface area contributed by atoms with Gasteiger partial charge in [-0.25, -0.2) is 0 Å². The molecule has 0 spiro atoms. The SMILES string of the molecule is CC(C)(C)[Si](C)(C)OC[C@@H](C=O)c1ccccc1. The first-order chi connectivity index (χ1) is 8.28. The van der Waals surface area contributed by atoms with E-state index < -0.39 is 8.32 Å². The van der Waals surface area contributed by atoms with Crippen molar-refractivity contribution in [3.8, 4) is 0 Å². The van der Waals surface area contributed by atoms with Crippen LogP contribution in [0.1, 0.15) is 32.3 Å². The second-order valence-corrected chi connectivity index (χ2v) is 11.0. The topological polar surface area (TPSA) is 26.3 Å². The van der Waals surface area contributed by atoms with Gasteiger partial charge < -0.3 is 9.22 Å². The molecule has 1 atom stereocenters. The van der Waals surface area contributed by atoms with E-state index in [1.807, 2.05) is 30.3 Å². The monoisotopic (exact) mass is 264 g/mol. The van der Waals surface area contributed by atoms with Gasteiger partial charge in [0.1, 0.15) is 6.29 Å². The van der Waals surface area contributed by atoms with E-state index in [2.05, 4.69) is 33.9 Å². The summed E-state index contributed by atoms with van der Waals surface area (Å²) in [6, 6.07) is 9.83. The van der Waals surface area contributed by atoms with E-state index in [0.29, 0.717) is 6.61 Å². The minimum absolute atomic E-state index is 0.152. The summed E-state index contributed by atoms with van der Waals surface area (Å²) in [4.78, 5) is 11.2. The lowest BCUT2D eigenvalue weighted by Crippen LogP contribution is -2.41. The quantitative estimate of drug-likeness (QED) is 0.594. The highest BCUT2D eigenvalue weighted by atomic mass is 28.4. The van der Waals surface area contributed by atoms with Crippen molar-refractivity contribution in [1.82, 2.24) is 0 Å². The molecule has 0 amide bonds. The van der Waals surface area contributed by atoms with Gasteiger partial charge in [0.25, 0.3) is 0 Å². The maximum absolute atomic E-state index is 11.2. The average molecular weight is 264 g/mol. The molecule has 0 aliphatic heterocycles. The summed E-state index contributed by atoms with van der Waals surface area (Å²) in [5.41, 5.74) is 1.03. The summed E-state index contributed by atoms with van der Waals surface area (Å²) in [6.07, 6.45) is 0.989. The molecule has 0 saturated heterocycles. The van der Waals surface area contributed by atoms with Gasteiger partial charge in [-0.1, -0.05) is 51.1 Å². The van der Waals surface area contributed by atoms with E-state index in [-0.39, 0.29) is 11.0 Å². The van der Waals surface area contributed by atoms with Crippen LogP contribution in [0, 0.1) is 0 Å². The maximum atomic E-state index is 11.2. The van der Waals surface area contributed by atoms with E-state index in [1.165, 1.54) is 0 Å². The number of aldehydes is 1. The second kappa shape index (κ2) is 5.80. The third-order valence-corrected chi connectivity index (χ3v) is 8.32. The molecule has 3 heteroatoms. The predicted molar refractivity (Wildman–Crippen MR) is 78.4 cm³/mol. The van der Waals surface area contributed by atoms with E-state index in [9.17, 15) is 4.79 Å². The Balaban J connectivity index is 2.70. The van der Waals surface area contributed by atoms with Crippen LogP contribution >= 0.6 is 0 Å². The first kappa shape index (κ1) is 15.1. The number of hydrogen-bond acceptors (Lipinski definition) is 2. The van der Waals surface area contributed by atoms with E-state index in [1.54, 1.807) is 0 Å². The smallest absolute Gasteiger partial charge is 0.192 e. The minimum atomic E-state index is -1.78. The summed E-state index contributed by atoms with van der Waals surface area (Å²) in [7, 11) is -1.78. The average Bonchev–Trinajstić information content (AvgIpc) is 2.29. The molecule has 0 heterocycles. The Labute approximate surface area is 111 Å². The van der Waals surface area contributed by atoms with Crippen LogP contribution in [-0.4, -0.2) is 21.2 Å². The van der Waals surface area contributed by atoms with E-state index >= 15 is 0 Å². The molecule has 0 saturated carbocycles. The maximum Gasteiger partial charge on any atom is 0.192 e. The van der Waals surface area contributed by atoms with Crippen molar-refractivity contribution in [2.75, 3.05) is 6.61 Å². The van der Waals surface area contributed by atoms with Crippen molar-refractivity contribution in [2.24, 2.45) is 0 Å². The molecule has 0 aromatic heterocycles. The third-order valence-electron chi connectivity index (χ3n) is 3.82. The Bertz CT molecular complexity index is 379. The molecule has 1 rings (SSSR count). The molecule has 0 N–H and O–H groups in total. The summed E-state index contributed by atoms with van der Waals surface area (Å²) < 4.78 is 6.11. The highest BCUT2D eigenvalue weighted by Crippen LogP contribution is 2.37. The summed E-state index contributed by atoms with van der Waals surface area (Å²) in [5, 5.41) is 0.178. The van der Waals surface area contributed by atoms with Crippen LogP contribution in [0.3, 0.4) is 0 Å². The molecule has 0 aliphatic carbocycles. The van der Waals surface area contributed by atoms with Gasteiger partial charge in [0.15, 0.2) is 8.32 Å². The Hall–Kier alpha value is -0.933. The predicted octanol–water partition coefficient (Wildman–Crippen LogP) is 3.99. The van der Waals surface area contributed by atoms with Gasteiger partial charge in [-0.15, -0.1) is 0 Å². The van der Waals surface area contributed by atoms with Crippen molar-refractivity contribution < 1.29 is 9.22 Å². The molecule has 1 aromatic carbocycles. The fourth-order valence-corrected chi connectivity index (χ4v) is 2.46. The van der Waals surface area contributed by atoms with Crippen LogP contribution in [0.5, 0.6) is 0 Å². The van der Waals surface area contributed by atoms with Gasteiger partial charge in [-0.05, 0) is 23.7 Å².